The molecule has 0 radical (unpaired) electrons. The second kappa shape index (κ2) is 6.17. The molecule has 7 heteroatoms. The van der Waals surface area contributed by atoms with Gasteiger partial charge in [0.15, 0.2) is 0 Å². The topological polar surface area (TPSA) is 80.2 Å². The minimum atomic E-state index is -1.10. The number of amides is 3. The Morgan fingerprint density at radius 1 is 1.10 bits per heavy atom. The lowest BCUT2D eigenvalue weighted by Crippen LogP contribution is -3.19. The van der Waals surface area contributed by atoms with Gasteiger partial charge in [0.1, 0.15) is 23.6 Å². The van der Waals surface area contributed by atoms with Crippen molar-refractivity contribution in [1.82, 2.24) is 0 Å². The number of nitrogens with zero attached hydrogens (tertiary/aromatic N) is 1. The molecule has 0 aliphatic carbocycles. The minimum Gasteiger partial charge on any atom is -0.497 e. The zero-order valence-corrected chi connectivity index (χ0v) is 17.5. The van der Waals surface area contributed by atoms with Crippen molar-refractivity contribution in [2.75, 3.05) is 23.9 Å². The Bertz CT molecular complexity index is 1140. The summed E-state index contributed by atoms with van der Waals surface area (Å²) in [7, 11) is 1.59. The molecule has 4 heterocycles. The Morgan fingerprint density at radius 2 is 1.87 bits per heavy atom. The highest BCUT2D eigenvalue weighted by Gasteiger charge is 2.78. The number of carbonyl (C=O) groups is 3. The van der Waals surface area contributed by atoms with E-state index in [-0.39, 0.29) is 23.8 Å². The Kier molecular flexibility index (Phi) is 3.69. The number of hydrogen-bond acceptors (Lipinski definition) is 4. The zero-order chi connectivity index (χ0) is 21.5. The molecule has 5 atom stereocenters. The summed E-state index contributed by atoms with van der Waals surface area (Å²) >= 11 is 0. The van der Waals surface area contributed by atoms with Gasteiger partial charge in [-0.2, -0.15) is 0 Å². The van der Waals surface area contributed by atoms with Crippen molar-refractivity contribution in [2.24, 2.45) is 11.8 Å². The molecule has 3 amide bonds. The second-order valence-electron chi connectivity index (χ2n) is 9.05. The largest absolute Gasteiger partial charge is 0.497 e. The molecule has 6 rings (SSSR count). The molecule has 2 aromatic carbocycles. The average molecular weight is 418 g/mol. The van der Waals surface area contributed by atoms with E-state index in [0.29, 0.717) is 17.1 Å². The van der Waals surface area contributed by atoms with Gasteiger partial charge in [-0.3, -0.25) is 14.4 Å². The summed E-state index contributed by atoms with van der Waals surface area (Å²) in [5, 5.41) is 3.01. The third-order valence-electron chi connectivity index (χ3n) is 7.72. The summed E-state index contributed by atoms with van der Waals surface area (Å²) in [5.74, 6) is -1.20. The van der Waals surface area contributed by atoms with Gasteiger partial charge in [-0.1, -0.05) is 17.7 Å². The number of nitrogens with one attached hydrogen (secondary N) is 2. The summed E-state index contributed by atoms with van der Waals surface area (Å²) in [6, 6.07) is 12.9. The van der Waals surface area contributed by atoms with Crippen LogP contribution in [0.1, 0.15) is 24.0 Å². The maximum atomic E-state index is 13.9. The fraction of sp³-hybridized carbons (Fsp3) is 0.375. The first-order valence-electron chi connectivity index (χ1n) is 10.8. The molecule has 1 unspecified atom stereocenters. The van der Waals surface area contributed by atoms with Crippen LogP contribution in [0.25, 0.3) is 0 Å². The molecule has 31 heavy (non-hydrogen) atoms. The van der Waals surface area contributed by atoms with E-state index in [9.17, 15) is 14.4 Å². The van der Waals surface area contributed by atoms with Gasteiger partial charge >= 0.3 is 0 Å². The molecule has 3 saturated heterocycles. The highest BCUT2D eigenvalue weighted by Crippen LogP contribution is 2.52. The third-order valence-corrected chi connectivity index (χ3v) is 7.72. The summed E-state index contributed by atoms with van der Waals surface area (Å²) in [6.07, 6.45) is 1.77. The van der Waals surface area contributed by atoms with E-state index in [1.807, 2.05) is 49.4 Å². The van der Waals surface area contributed by atoms with Gasteiger partial charge in [-0.15, -0.1) is 0 Å². The number of imide groups is 1. The number of methoxy groups -OCH3 is 1. The van der Waals surface area contributed by atoms with Crippen LogP contribution in [0.4, 0.5) is 11.4 Å². The van der Waals surface area contributed by atoms with Crippen molar-refractivity contribution in [3.05, 3.63) is 53.6 Å². The van der Waals surface area contributed by atoms with Crippen LogP contribution in [0.5, 0.6) is 5.75 Å². The minimum absolute atomic E-state index is 0.0419. The molecular weight excluding hydrogens is 394 g/mol. The third kappa shape index (κ3) is 2.14. The smallest absolute Gasteiger partial charge is 0.291 e. The van der Waals surface area contributed by atoms with E-state index >= 15 is 0 Å². The zero-order valence-electron chi connectivity index (χ0n) is 17.5. The number of rotatable bonds is 2. The molecule has 7 nitrogen and oxygen atoms in total. The molecule has 4 aliphatic rings. The van der Waals surface area contributed by atoms with Gasteiger partial charge in [-0.05, 0) is 37.3 Å². The summed E-state index contributed by atoms with van der Waals surface area (Å²) in [6.45, 7) is 2.74. The maximum Gasteiger partial charge on any atom is 0.291 e. The lowest BCUT2D eigenvalue weighted by Gasteiger charge is -2.33. The van der Waals surface area contributed by atoms with Crippen LogP contribution in [-0.2, 0) is 19.9 Å². The van der Waals surface area contributed by atoms with Gasteiger partial charge in [0, 0.05) is 12.8 Å². The van der Waals surface area contributed by atoms with Crippen molar-refractivity contribution >= 4 is 29.1 Å². The number of ether oxygens (including phenoxy) is 1. The first-order chi connectivity index (χ1) is 15.0. The van der Waals surface area contributed by atoms with E-state index in [2.05, 4.69) is 5.32 Å². The Hall–Kier alpha value is -3.19. The van der Waals surface area contributed by atoms with Crippen molar-refractivity contribution in [3.8, 4) is 5.75 Å². The highest BCUT2D eigenvalue weighted by molar-refractivity contribution is 6.25. The van der Waals surface area contributed by atoms with Crippen LogP contribution in [0.15, 0.2) is 42.5 Å². The maximum absolute atomic E-state index is 13.9. The standard InChI is InChI=1S/C24H23N3O4/c1-13-5-7-14(8-6-13)27-21(28)19-18-4-3-11-26(18)24(20(19)22(27)29)16-12-15(31-2)9-10-17(16)25-23(24)30/h5-10,12,18-20H,3-4,11H2,1-2H3,(H,25,30)/p+1/t18-,19+,20-,24+/m0/s1. The van der Waals surface area contributed by atoms with Gasteiger partial charge in [0.25, 0.3) is 5.91 Å². The van der Waals surface area contributed by atoms with Crippen molar-refractivity contribution in [1.29, 1.82) is 0 Å². The van der Waals surface area contributed by atoms with E-state index in [1.54, 1.807) is 7.11 Å². The Balaban J connectivity index is 1.55. The van der Waals surface area contributed by atoms with Crippen molar-refractivity contribution < 1.29 is 24.0 Å². The molecule has 0 bridgehead atoms. The first kappa shape index (κ1) is 18.6. The summed E-state index contributed by atoms with van der Waals surface area (Å²) < 4.78 is 5.44. The fourth-order valence-electron chi connectivity index (χ4n) is 6.51. The van der Waals surface area contributed by atoms with Gasteiger partial charge in [0.05, 0.1) is 30.6 Å². The van der Waals surface area contributed by atoms with E-state index in [4.69, 9.17) is 4.74 Å². The number of aryl methyl sites for hydroxylation is 1. The Morgan fingerprint density at radius 3 is 2.61 bits per heavy atom. The van der Waals surface area contributed by atoms with E-state index in [0.717, 1.165) is 35.4 Å². The van der Waals surface area contributed by atoms with Crippen LogP contribution in [-0.4, -0.2) is 37.4 Å². The number of anilines is 2. The predicted molar refractivity (Wildman–Crippen MR) is 113 cm³/mol. The van der Waals surface area contributed by atoms with E-state index in [1.165, 1.54) is 4.90 Å². The SMILES string of the molecule is COc1ccc2c(c1)[C@]1(C(=O)N2)[C@@H]2C(=O)N(c3ccc(C)cc3)C(=O)[C@@H]2[C@@H]2CCC[NH+]21. The Labute approximate surface area is 180 Å². The van der Waals surface area contributed by atoms with Crippen molar-refractivity contribution in [2.45, 2.75) is 31.3 Å². The first-order valence-corrected chi connectivity index (χ1v) is 10.8. The van der Waals surface area contributed by atoms with Gasteiger partial charge < -0.3 is 15.0 Å². The molecule has 2 N–H and O–H groups in total. The molecule has 0 aromatic heterocycles. The monoisotopic (exact) mass is 418 g/mol. The number of carbonyl (C=O) groups excluding carboxylic acids is 3. The van der Waals surface area contributed by atoms with Crippen LogP contribution in [0, 0.1) is 18.8 Å². The number of hydrogen-bond donors (Lipinski definition) is 2. The lowest BCUT2D eigenvalue weighted by molar-refractivity contribution is -0.948. The van der Waals surface area contributed by atoms with Crippen LogP contribution in [0.3, 0.4) is 0 Å². The van der Waals surface area contributed by atoms with Crippen LogP contribution < -0.4 is 19.9 Å². The van der Waals surface area contributed by atoms with Crippen LogP contribution in [0.2, 0.25) is 0 Å². The molecule has 158 valence electrons. The van der Waals surface area contributed by atoms with E-state index < -0.39 is 17.4 Å². The lowest BCUT2D eigenvalue weighted by atomic mass is 9.75. The average Bonchev–Trinajstić information content (AvgIpc) is 3.47. The highest BCUT2D eigenvalue weighted by atomic mass is 16.5. The number of fused-ring (bicyclic) bond motifs is 7. The predicted octanol–water partition coefficient (Wildman–Crippen LogP) is 1.02. The molecule has 1 spiro atoms. The molecule has 3 fully saturated rings. The molecular formula is C24H24N3O4+. The molecule has 4 aliphatic heterocycles. The molecule has 2 aromatic rings. The summed E-state index contributed by atoms with van der Waals surface area (Å²) in [4.78, 5) is 43.5. The van der Waals surface area contributed by atoms with Crippen molar-refractivity contribution in [3.63, 3.8) is 0 Å². The quantitative estimate of drug-likeness (QED) is 0.714. The van der Waals surface area contributed by atoms with Gasteiger partial charge in [0.2, 0.25) is 17.4 Å². The fourth-order valence-corrected chi connectivity index (χ4v) is 6.51. The number of quaternary nitrogens is 1. The normalized spacial score (nSPS) is 33.0. The number of benzene rings is 2. The van der Waals surface area contributed by atoms with Gasteiger partial charge in [-0.25, -0.2) is 4.90 Å². The summed E-state index contributed by atoms with van der Waals surface area (Å²) in [5.41, 5.74) is 2.02. The second-order valence-corrected chi connectivity index (χ2v) is 9.05. The molecule has 0 saturated carbocycles. The van der Waals surface area contributed by atoms with Crippen LogP contribution >= 0.6 is 0 Å².